The Hall–Kier alpha value is -3.22. The zero-order valence-electron chi connectivity index (χ0n) is 16.9. The predicted octanol–water partition coefficient (Wildman–Crippen LogP) is 5.08. The Balaban J connectivity index is 1.74. The number of fused-ring (bicyclic) bond motifs is 1. The molecule has 0 bridgehead atoms. The number of carbonyl (C=O) groups excluding carboxylic acids is 1. The first-order valence-electron chi connectivity index (χ1n) is 9.44. The molecule has 0 fully saturated rings. The number of halogens is 4. The van der Waals surface area contributed by atoms with Crippen LogP contribution in [0.5, 0.6) is 0 Å². The molecule has 0 radical (unpaired) electrons. The number of hydrogen-bond acceptors (Lipinski definition) is 7. The quantitative estimate of drug-likeness (QED) is 0.236. The SMILES string of the molecule is O=C(CBr)c1ccc2ncnc(Nc3c(F)ccc(NS(=O)(=O)c4ccccc4Cl)c3F)c2n1. The van der Waals surface area contributed by atoms with E-state index in [1.54, 1.807) is 6.07 Å². The van der Waals surface area contributed by atoms with Gasteiger partial charge in [0, 0.05) is 0 Å². The molecule has 0 aliphatic carbocycles. The van der Waals surface area contributed by atoms with Gasteiger partial charge in [-0.2, -0.15) is 0 Å². The molecule has 4 aromatic rings. The fourth-order valence-corrected chi connectivity index (χ4v) is 4.85. The van der Waals surface area contributed by atoms with Gasteiger partial charge in [-0.15, -0.1) is 0 Å². The standard InChI is InChI=1S/C21H13BrClF2N5O3S/c22-9-16(31)13-7-8-15-20(28-13)21(27-10-26-15)29-19-12(24)5-6-14(18(19)25)30-34(32,33)17-4-2-1-3-11(17)23/h1-8,10,30H,9H2,(H,26,27,29). The second-order valence-electron chi connectivity index (χ2n) is 6.79. The van der Waals surface area contributed by atoms with Gasteiger partial charge in [0.25, 0.3) is 10.0 Å². The van der Waals surface area contributed by atoms with Gasteiger partial charge < -0.3 is 5.32 Å². The lowest BCUT2D eigenvalue weighted by Gasteiger charge is -2.14. The van der Waals surface area contributed by atoms with E-state index in [4.69, 9.17) is 11.6 Å². The molecule has 2 N–H and O–H groups in total. The minimum Gasteiger partial charge on any atom is -0.333 e. The molecule has 174 valence electrons. The van der Waals surface area contributed by atoms with E-state index < -0.39 is 33.0 Å². The number of ketones is 1. The number of hydrogen-bond donors (Lipinski definition) is 2. The van der Waals surface area contributed by atoms with Crippen LogP contribution in [0.3, 0.4) is 0 Å². The summed E-state index contributed by atoms with van der Waals surface area (Å²) in [5.41, 5.74) is -0.691. The minimum atomic E-state index is -4.27. The first-order valence-corrected chi connectivity index (χ1v) is 12.4. The van der Waals surface area contributed by atoms with E-state index in [1.165, 1.54) is 30.3 Å². The van der Waals surface area contributed by atoms with Crippen LogP contribution in [0.1, 0.15) is 10.5 Å². The van der Waals surface area contributed by atoms with E-state index in [0.717, 1.165) is 18.5 Å². The number of nitrogens with one attached hydrogen (secondary N) is 2. The van der Waals surface area contributed by atoms with Gasteiger partial charge >= 0.3 is 0 Å². The maximum absolute atomic E-state index is 15.2. The molecule has 2 aromatic carbocycles. The molecule has 2 heterocycles. The second kappa shape index (κ2) is 9.57. The molecule has 0 unspecified atom stereocenters. The summed E-state index contributed by atoms with van der Waals surface area (Å²) in [4.78, 5) is 23.9. The van der Waals surface area contributed by atoms with Crippen molar-refractivity contribution in [3.63, 3.8) is 0 Å². The van der Waals surface area contributed by atoms with Crippen LogP contribution >= 0.6 is 27.5 Å². The van der Waals surface area contributed by atoms with Gasteiger partial charge in [0.15, 0.2) is 17.4 Å². The third-order valence-electron chi connectivity index (χ3n) is 4.59. The molecule has 0 saturated carbocycles. The van der Waals surface area contributed by atoms with Crippen molar-refractivity contribution >= 4 is 71.6 Å². The fraction of sp³-hybridized carbons (Fsp3) is 0.0476. The number of sulfonamides is 1. The average molecular weight is 569 g/mol. The molecule has 0 amide bonds. The van der Waals surface area contributed by atoms with E-state index in [1.807, 2.05) is 0 Å². The number of Topliss-reactive ketones (excluding diaryl/α,β-unsaturated/α-hetero) is 1. The number of carbonyl (C=O) groups is 1. The van der Waals surface area contributed by atoms with Crippen LogP contribution in [-0.4, -0.2) is 34.5 Å². The Kier molecular flexibility index (Phi) is 6.73. The lowest BCUT2D eigenvalue weighted by molar-refractivity contribution is 0.101. The lowest BCUT2D eigenvalue weighted by Crippen LogP contribution is -2.15. The van der Waals surface area contributed by atoms with Gasteiger partial charge in [0.05, 0.1) is 21.6 Å². The lowest BCUT2D eigenvalue weighted by atomic mass is 10.2. The highest BCUT2D eigenvalue weighted by Crippen LogP contribution is 2.32. The van der Waals surface area contributed by atoms with Crippen molar-refractivity contribution in [1.82, 2.24) is 15.0 Å². The first kappa shape index (κ1) is 23.9. The van der Waals surface area contributed by atoms with Gasteiger partial charge in [-0.1, -0.05) is 39.7 Å². The van der Waals surface area contributed by atoms with E-state index in [-0.39, 0.29) is 38.1 Å². The molecular formula is C21H13BrClF2N5O3S. The summed E-state index contributed by atoms with van der Waals surface area (Å²) in [7, 11) is -4.27. The molecule has 0 aliphatic rings. The van der Waals surface area contributed by atoms with Gasteiger partial charge in [0.2, 0.25) is 0 Å². The van der Waals surface area contributed by atoms with Crippen LogP contribution in [0.15, 0.2) is 59.8 Å². The smallest absolute Gasteiger partial charge is 0.263 e. The molecule has 0 saturated heterocycles. The monoisotopic (exact) mass is 567 g/mol. The summed E-state index contributed by atoms with van der Waals surface area (Å²) in [6.45, 7) is 0. The summed E-state index contributed by atoms with van der Waals surface area (Å²) in [5.74, 6) is -2.64. The summed E-state index contributed by atoms with van der Waals surface area (Å²) in [6, 6.07) is 10.4. The highest BCUT2D eigenvalue weighted by molar-refractivity contribution is 9.09. The number of rotatable bonds is 7. The number of alkyl halides is 1. The molecule has 0 aliphatic heterocycles. The molecule has 34 heavy (non-hydrogen) atoms. The first-order chi connectivity index (χ1) is 16.2. The fourth-order valence-electron chi connectivity index (χ4n) is 2.98. The van der Waals surface area contributed by atoms with Crippen molar-refractivity contribution in [3.8, 4) is 0 Å². The Labute approximate surface area is 205 Å². The summed E-state index contributed by atoms with van der Waals surface area (Å²) in [6.07, 6.45) is 1.15. The highest BCUT2D eigenvalue weighted by atomic mass is 79.9. The molecule has 8 nitrogen and oxygen atoms in total. The van der Waals surface area contributed by atoms with Crippen molar-refractivity contribution < 1.29 is 22.0 Å². The van der Waals surface area contributed by atoms with Crippen LogP contribution in [-0.2, 0) is 10.0 Å². The number of nitrogens with zero attached hydrogens (tertiary/aromatic N) is 3. The normalized spacial score (nSPS) is 11.4. The van der Waals surface area contributed by atoms with Crippen molar-refractivity contribution in [3.05, 3.63) is 77.2 Å². The zero-order chi connectivity index (χ0) is 24.5. The van der Waals surface area contributed by atoms with Gasteiger partial charge in [0.1, 0.15) is 33.9 Å². The third-order valence-corrected chi connectivity index (χ3v) is 6.97. The maximum Gasteiger partial charge on any atom is 0.263 e. The Bertz CT molecular complexity index is 1540. The van der Waals surface area contributed by atoms with Gasteiger partial charge in [-0.3, -0.25) is 9.52 Å². The molecule has 4 rings (SSSR count). The maximum atomic E-state index is 15.2. The number of anilines is 3. The van der Waals surface area contributed by atoms with Crippen LogP contribution in [0.2, 0.25) is 5.02 Å². The molecule has 0 spiro atoms. The average Bonchev–Trinajstić information content (AvgIpc) is 2.83. The molecule has 2 aromatic heterocycles. The Morgan fingerprint density at radius 1 is 1.06 bits per heavy atom. The van der Waals surface area contributed by atoms with Crippen LogP contribution in [0.25, 0.3) is 11.0 Å². The van der Waals surface area contributed by atoms with Crippen molar-refractivity contribution in [2.24, 2.45) is 0 Å². The minimum absolute atomic E-state index is 0.0266. The Morgan fingerprint density at radius 3 is 2.56 bits per heavy atom. The zero-order valence-corrected chi connectivity index (χ0v) is 20.0. The summed E-state index contributed by atoms with van der Waals surface area (Å²) < 4.78 is 57.3. The van der Waals surface area contributed by atoms with Gasteiger partial charge in [-0.25, -0.2) is 32.2 Å². The van der Waals surface area contributed by atoms with E-state index in [0.29, 0.717) is 5.52 Å². The van der Waals surface area contributed by atoms with Crippen LogP contribution < -0.4 is 10.0 Å². The molecule has 13 heteroatoms. The van der Waals surface area contributed by atoms with Crippen molar-refractivity contribution in [2.45, 2.75) is 4.90 Å². The van der Waals surface area contributed by atoms with E-state index in [2.05, 4.69) is 40.9 Å². The highest BCUT2D eigenvalue weighted by Gasteiger charge is 2.23. The number of aromatic nitrogens is 3. The second-order valence-corrected chi connectivity index (χ2v) is 9.41. The van der Waals surface area contributed by atoms with E-state index in [9.17, 15) is 17.6 Å². The molecular weight excluding hydrogens is 556 g/mol. The topological polar surface area (TPSA) is 114 Å². The third kappa shape index (κ3) is 4.69. The summed E-state index contributed by atoms with van der Waals surface area (Å²) >= 11 is 9.01. The van der Waals surface area contributed by atoms with Crippen LogP contribution in [0, 0.1) is 11.6 Å². The number of benzene rings is 2. The predicted molar refractivity (Wildman–Crippen MR) is 127 cm³/mol. The van der Waals surface area contributed by atoms with E-state index >= 15 is 4.39 Å². The summed E-state index contributed by atoms with van der Waals surface area (Å²) in [5, 5.41) is 2.46. The number of pyridine rings is 1. The largest absolute Gasteiger partial charge is 0.333 e. The van der Waals surface area contributed by atoms with Crippen LogP contribution in [0.4, 0.5) is 26.0 Å². The van der Waals surface area contributed by atoms with Gasteiger partial charge in [-0.05, 0) is 36.4 Å². The molecule has 0 atom stereocenters. The Morgan fingerprint density at radius 2 is 1.82 bits per heavy atom. The van der Waals surface area contributed by atoms with Crippen molar-refractivity contribution in [1.29, 1.82) is 0 Å². The van der Waals surface area contributed by atoms with Crippen molar-refractivity contribution in [2.75, 3.05) is 15.4 Å².